The number of piperidine rings is 1. The summed E-state index contributed by atoms with van der Waals surface area (Å²) in [7, 11) is 0. The second-order valence-corrected chi connectivity index (χ2v) is 8.10. The van der Waals surface area contributed by atoms with Crippen LogP contribution >= 0.6 is 0 Å². The van der Waals surface area contributed by atoms with E-state index in [0.29, 0.717) is 30.4 Å². The van der Waals surface area contributed by atoms with Crippen LogP contribution in [0.25, 0.3) is 5.82 Å². The van der Waals surface area contributed by atoms with Gasteiger partial charge >= 0.3 is 0 Å². The Morgan fingerprint density at radius 3 is 2.79 bits per heavy atom. The number of ether oxygens (including phenoxy) is 1. The number of nitrogens with zero attached hydrogens (tertiary/aromatic N) is 6. The molecule has 1 aliphatic rings. The van der Waals surface area contributed by atoms with Crippen LogP contribution in [0.4, 0.5) is 0 Å². The van der Waals surface area contributed by atoms with Gasteiger partial charge in [-0.15, -0.1) is 0 Å². The van der Waals surface area contributed by atoms with Crippen molar-refractivity contribution in [3.8, 4) is 17.4 Å². The molecule has 1 fully saturated rings. The van der Waals surface area contributed by atoms with Gasteiger partial charge in [-0.1, -0.05) is 18.2 Å². The predicted octanol–water partition coefficient (Wildman–Crippen LogP) is 4.18. The normalized spacial score (nSPS) is 15.9. The van der Waals surface area contributed by atoms with Crippen LogP contribution < -0.4 is 4.74 Å². The van der Waals surface area contributed by atoms with E-state index in [4.69, 9.17) is 9.72 Å². The molecule has 5 rings (SSSR count). The zero-order chi connectivity index (χ0) is 22.6. The van der Waals surface area contributed by atoms with E-state index >= 15 is 0 Å². The van der Waals surface area contributed by atoms with Gasteiger partial charge < -0.3 is 9.64 Å². The Labute approximate surface area is 191 Å². The van der Waals surface area contributed by atoms with Crippen LogP contribution in [0.5, 0.6) is 11.6 Å². The van der Waals surface area contributed by atoms with E-state index in [9.17, 15) is 4.79 Å². The van der Waals surface area contributed by atoms with Crippen molar-refractivity contribution in [3.05, 3.63) is 90.3 Å². The third-order valence-electron chi connectivity index (χ3n) is 5.80. The Hall–Kier alpha value is -4.07. The summed E-state index contributed by atoms with van der Waals surface area (Å²) < 4.78 is 7.62. The largest absolute Gasteiger partial charge is 0.437 e. The summed E-state index contributed by atoms with van der Waals surface area (Å²) in [6, 6.07) is 13.2. The van der Waals surface area contributed by atoms with Crippen molar-refractivity contribution in [2.45, 2.75) is 25.7 Å². The molecule has 8 nitrogen and oxygen atoms in total. The van der Waals surface area contributed by atoms with Crippen molar-refractivity contribution in [2.24, 2.45) is 0 Å². The average molecular weight is 441 g/mol. The maximum absolute atomic E-state index is 13.1. The Balaban J connectivity index is 1.29. The lowest BCUT2D eigenvalue weighted by molar-refractivity contribution is 0.0705. The molecule has 1 amide bonds. The summed E-state index contributed by atoms with van der Waals surface area (Å²) in [5, 5.41) is 4.17. The van der Waals surface area contributed by atoms with Gasteiger partial charge in [-0.25, -0.2) is 14.6 Å². The lowest BCUT2D eigenvalue weighted by Crippen LogP contribution is -2.39. The monoisotopic (exact) mass is 440 g/mol. The Morgan fingerprint density at radius 1 is 1.09 bits per heavy atom. The molecule has 1 aliphatic heterocycles. The van der Waals surface area contributed by atoms with Crippen molar-refractivity contribution in [1.29, 1.82) is 0 Å². The molecule has 4 aromatic rings. The highest BCUT2D eigenvalue weighted by Gasteiger charge is 2.27. The van der Waals surface area contributed by atoms with Gasteiger partial charge in [0.25, 0.3) is 5.91 Å². The highest BCUT2D eigenvalue weighted by atomic mass is 16.5. The third kappa shape index (κ3) is 4.59. The van der Waals surface area contributed by atoms with Crippen LogP contribution in [-0.2, 0) is 0 Å². The molecule has 166 valence electrons. The third-order valence-corrected chi connectivity index (χ3v) is 5.80. The molecule has 1 aromatic carbocycles. The number of likely N-dealkylation sites (tertiary alicyclic amines) is 1. The molecule has 0 saturated carbocycles. The van der Waals surface area contributed by atoms with Crippen LogP contribution in [0.15, 0.2) is 73.4 Å². The fraction of sp³-hybridized carbons (Fsp3) is 0.240. The number of para-hydroxylation sites is 1. The molecule has 0 N–H and O–H groups in total. The van der Waals surface area contributed by atoms with Crippen molar-refractivity contribution in [3.63, 3.8) is 0 Å². The first-order valence-corrected chi connectivity index (χ1v) is 11.0. The number of carbonyl (C=O) groups is 1. The molecular weight excluding hydrogens is 416 g/mol. The van der Waals surface area contributed by atoms with Crippen LogP contribution in [0.2, 0.25) is 0 Å². The lowest BCUT2D eigenvalue weighted by Gasteiger charge is -2.32. The van der Waals surface area contributed by atoms with Gasteiger partial charge in [0.1, 0.15) is 5.75 Å². The van der Waals surface area contributed by atoms with E-state index in [1.807, 2.05) is 48.4 Å². The second-order valence-electron chi connectivity index (χ2n) is 8.10. The van der Waals surface area contributed by atoms with Crippen molar-refractivity contribution >= 4 is 5.91 Å². The van der Waals surface area contributed by atoms with Gasteiger partial charge in [0.2, 0.25) is 5.88 Å². The van der Waals surface area contributed by atoms with E-state index in [0.717, 1.165) is 29.8 Å². The molecule has 1 unspecified atom stereocenters. The maximum Gasteiger partial charge on any atom is 0.255 e. The number of rotatable bonds is 5. The van der Waals surface area contributed by atoms with Crippen LogP contribution in [0.1, 0.15) is 40.4 Å². The number of carbonyl (C=O) groups excluding carboxylic acids is 1. The summed E-state index contributed by atoms with van der Waals surface area (Å²) >= 11 is 0. The topological polar surface area (TPSA) is 86.0 Å². The Kier molecular flexibility index (Phi) is 5.80. The fourth-order valence-electron chi connectivity index (χ4n) is 4.03. The molecule has 0 radical (unpaired) electrons. The molecule has 8 heteroatoms. The van der Waals surface area contributed by atoms with Gasteiger partial charge in [-0.05, 0) is 49.6 Å². The second kappa shape index (κ2) is 9.20. The fourth-order valence-corrected chi connectivity index (χ4v) is 4.03. The first-order valence-electron chi connectivity index (χ1n) is 11.0. The summed E-state index contributed by atoms with van der Waals surface area (Å²) in [6.45, 7) is 3.29. The van der Waals surface area contributed by atoms with Gasteiger partial charge in [0.05, 0.1) is 17.5 Å². The summed E-state index contributed by atoms with van der Waals surface area (Å²) in [4.78, 5) is 28.4. The first kappa shape index (κ1) is 20.8. The number of aryl methyl sites for hydroxylation is 1. The smallest absolute Gasteiger partial charge is 0.255 e. The summed E-state index contributed by atoms with van der Waals surface area (Å²) in [6.07, 6.45) is 10.4. The Bertz CT molecular complexity index is 1240. The first-order chi connectivity index (χ1) is 16.2. The van der Waals surface area contributed by atoms with Crippen molar-refractivity contribution in [1.82, 2.24) is 29.6 Å². The number of pyridine rings is 1. The molecule has 3 aromatic heterocycles. The number of amides is 1. The van der Waals surface area contributed by atoms with E-state index < -0.39 is 0 Å². The van der Waals surface area contributed by atoms with Gasteiger partial charge in [0, 0.05) is 43.8 Å². The van der Waals surface area contributed by atoms with E-state index in [1.54, 1.807) is 41.6 Å². The number of benzene rings is 1. The molecule has 0 spiro atoms. The van der Waals surface area contributed by atoms with Crippen LogP contribution in [0, 0.1) is 6.92 Å². The minimum absolute atomic E-state index is 0.0283. The summed E-state index contributed by atoms with van der Waals surface area (Å²) in [5.74, 6) is 1.97. The van der Waals surface area contributed by atoms with E-state index in [-0.39, 0.29) is 11.8 Å². The molecule has 0 aliphatic carbocycles. The molecule has 0 bridgehead atoms. The zero-order valence-corrected chi connectivity index (χ0v) is 18.3. The molecule has 1 atom stereocenters. The van der Waals surface area contributed by atoms with Crippen molar-refractivity contribution < 1.29 is 9.53 Å². The van der Waals surface area contributed by atoms with Gasteiger partial charge in [-0.2, -0.15) is 5.10 Å². The molecule has 33 heavy (non-hydrogen) atoms. The number of aromatic nitrogens is 5. The predicted molar refractivity (Wildman–Crippen MR) is 123 cm³/mol. The highest BCUT2D eigenvalue weighted by molar-refractivity contribution is 5.94. The number of hydrogen-bond donors (Lipinski definition) is 0. The Morgan fingerprint density at radius 2 is 2.00 bits per heavy atom. The molecule has 1 saturated heterocycles. The minimum atomic E-state index is -0.0283. The van der Waals surface area contributed by atoms with Crippen molar-refractivity contribution in [2.75, 3.05) is 13.1 Å². The lowest BCUT2D eigenvalue weighted by atomic mass is 9.94. The van der Waals surface area contributed by atoms with Gasteiger partial charge in [0.15, 0.2) is 5.82 Å². The molecule has 4 heterocycles. The van der Waals surface area contributed by atoms with E-state index in [2.05, 4.69) is 15.1 Å². The quantitative estimate of drug-likeness (QED) is 0.463. The van der Waals surface area contributed by atoms with Crippen LogP contribution in [-0.4, -0.2) is 48.6 Å². The standard InChI is InChI=1S/C25H24N6O2/c1-18-6-2-3-8-22(18)33-24-16-26-15-21(29-24)20-7-4-12-30(17-20)25(32)19-9-10-23(27-14-19)31-13-5-11-28-31/h2-3,5-6,8-11,13-16,20H,4,7,12,17H2,1H3. The molecular formula is C25H24N6O2. The number of hydrogen-bond acceptors (Lipinski definition) is 6. The summed E-state index contributed by atoms with van der Waals surface area (Å²) in [5.41, 5.74) is 2.44. The SMILES string of the molecule is Cc1ccccc1Oc1cncc(C2CCCN(C(=O)c3ccc(-n4cccn4)nc3)C2)n1. The van der Waals surface area contributed by atoms with Gasteiger partial charge in [-0.3, -0.25) is 9.78 Å². The minimum Gasteiger partial charge on any atom is -0.437 e. The maximum atomic E-state index is 13.1. The van der Waals surface area contributed by atoms with E-state index in [1.165, 1.54) is 0 Å². The highest BCUT2D eigenvalue weighted by Crippen LogP contribution is 2.29. The van der Waals surface area contributed by atoms with Crippen LogP contribution in [0.3, 0.4) is 0 Å². The average Bonchev–Trinajstić information content (AvgIpc) is 3.41. The zero-order valence-electron chi connectivity index (χ0n) is 18.3.